The summed E-state index contributed by atoms with van der Waals surface area (Å²) in [6.07, 6.45) is 1.73. The van der Waals surface area contributed by atoms with E-state index < -0.39 is 0 Å². The number of fused-ring (bicyclic) bond motifs is 1. The summed E-state index contributed by atoms with van der Waals surface area (Å²) in [5.74, 6) is 0.00667. The van der Waals surface area contributed by atoms with Gasteiger partial charge in [-0.05, 0) is 25.0 Å². The summed E-state index contributed by atoms with van der Waals surface area (Å²) < 4.78 is 0.699. The van der Waals surface area contributed by atoms with Crippen LogP contribution in [0.5, 0.6) is 5.75 Å². The van der Waals surface area contributed by atoms with E-state index in [1.807, 2.05) is 13.0 Å². The van der Waals surface area contributed by atoms with Crippen molar-refractivity contribution < 1.29 is 9.90 Å². The summed E-state index contributed by atoms with van der Waals surface area (Å²) >= 11 is 1.36. The topological polar surface area (TPSA) is 50.2 Å². The fourth-order valence-corrected chi connectivity index (χ4v) is 2.61. The molecule has 0 saturated heterocycles. The third-order valence-corrected chi connectivity index (χ3v) is 3.40. The van der Waals surface area contributed by atoms with E-state index in [0.717, 1.165) is 23.9 Å². The maximum Gasteiger partial charge on any atom is 0.163 e. The highest BCUT2D eigenvalue weighted by Crippen LogP contribution is 2.34. The van der Waals surface area contributed by atoms with Gasteiger partial charge in [0.25, 0.3) is 0 Å². The highest BCUT2D eigenvalue weighted by atomic mass is 32.1. The van der Waals surface area contributed by atoms with Crippen LogP contribution in [0.2, 0.25) is 0 Å². The Kier molecular flexibility index (Phi) is 2.92. The first kappa shape index (κ1) is 11.1. The van der Waals surface area contributed by atoms with Gasteiger partial charge in [0, 0.05) is 0 Å². The first-order valence-corrected chi connectivity index (χ1v) is 6.12. The molecule has 0 saturated carbocycles. The van der Waals surface area contributed by atoms with Crippen LogP contribution in [0.15, 0.2) is 11.6 Å². The average Bonchev–Trinajstić information content (AvgIpc) is 2.65. The lowest BCUT2D eigenvalue weighted by molar-refractivity contribution is 0.101. The third-order valence-electron chi connectivity index (χ3n) is 2.55. The fraction of sp³-hybridized carbons (Fsp3) is 0.333. The predicted octanol–water partition coefficient (Wildman–Crippen LogP) is 3.16. The second kappa shape index (κ2) is 4.22. The average molecular weight is 235 g/mol. The van der Waals surface area contributed by atoms with Gasteiger partial charge in [-0.15, -0.1) is 11.3 Å². The molecule has 0 fully saturated rings. The highest BCUT2D eigenvalue weighted by Gasteiger charge is 2.17. The molecule has 0 aliphatic carbocycles. The van der Waals surface area contributed by atoms with Crippen LogP contribution in [0, 0.1) is 0 Å². The van der Waals surface area contributed by atoms with Gasteiger partial charge in [-0.25, -0.2) is 4.98 Å². The number of ketones is 1. The number of Topliss-reactive ketones (excluding diaryl/α,β-unsaturated/α-hetero) is 1. The van der Waals surface area contributed by atoms with Crippen LogP contribution in [0.25, 0.3) is 10.2 Å². The molecule has 0 amide bonds. The standard InChI is InChI=1S/C12H13NO2S/c1-3-4-8-5-9-12(16-6-13-9)11(15)10(8)7(2)14/h5-6,15H,3-4H2,1-2H3. The molecule has 16 heavy (non-hydrogen) atoms. The number of rotatable bonds is 3. The number of carbonyl (C=O) groups is 1. The SMILES string of the molecule is CCCc1cc2ncsc2c(O)c1C(C)=O. The molecule has 0 unspecified atom stereocenters. The van der Waals surface area contributed by atoms with Gasteiger partial charge in [-0.3, -0.25) is 4.79 Å². The smallest absolute Gasteiger partial charge is 0.163 e. The summed E-state index contributed by atoms with van der Waals surface area (Å²) in [7, 11) is 0. The summed E-state index contributed by atoms with van der Waals surface area (Å²) in [5, 5.41) is 10.1. The van der Waals surface area contributed by atoms with Crippen molar-refractivity contribution in [1.82, 2.24) is 4.98 Å². The lowest BCUT2D eigenvalue weighted by Gasteiger charge is -2.08. The van der Waals surface area contributed by atoms with Gasteiger partial charge in [0.05, 0.1) is 21.3 Å². The minimum absolute atomic E-state index is 0.0868. The molecule has 1 aromatic heterocycles. The highest BCUT2D eigenvalue weighted by molar-refractivity contribution is 7.17. The largest absolute Gasteiger partial charge is 0.506 e. The first-order valence-electron chi connectivity index (χ1n) is 5.24. The molecule has 84 valence electrons. The molecule has 0 atom stereocenters. The second-order valence-electron chi connectivity index (χ2n) is 3.77. The molecule has 3 nitrogen and oxygen atoms in total. The lowest BCUT2D eigenvalue weighted by Crippen LogP contribution is -2.00. The van der Waals surface area contributed by atoms with E-state index in [9.17, 15) is 9.90 Å². The van der Waals surface area contributed by atoms with Gasteiger partial charge in [0.15, 0.2) is 5.78 Å². The van der Waals surface area contributed by atoms with Crippen LogP contribution in [-0.2, 0) is 6.42 Å². The minimum Gasteiger partial charge on any atom is -0.506 e. The van der Waals surface area contributed by atoms with Gasteiger partial charge >= 0.3 is 0 Å². The van der Waals surface area contributed by atoms with Crippen molar-refractivity contribution in [1.29, 1.82) is 0 Å². The maximum absolute atomic E-state index is 11.6. The second-order valence-corrected chi connectivity index (χ2v) is 4.62. The maximum atomic E-state index is 11.6. The van der Waals surface area contributed by atoms with E-state index in [4.69, 9.17) is 0 Å². The van der Waals surface area contributed by atoms with Crippen molar-refractivity contribution >= 4 is 27.3 Å². The molecular weight excluding hydrogens is 222 g/mol. The van der Waals surface area contributed by atoms with Gasteiger partial charge in [-0.2, -0.15) is 0 Å². The monoisotopic (exact) mass is 235 g/mol. The lowest BCUT2D eigenvalue weighted by atomic mass is 9.99. The van der Waals surface area contributed by atoms with Crippen molar-refractivity contribution in [3.05, 3.63) is 22.7 Å². The zero-order valence-corrected chi connectivity index (χ0v) is 10.1. The molecular formula is C12H13NO2S. The first-order chi connectivity index (χ1) is 7.65. The van der Waals surface area contributed by atoms with Crippen molar-refractivity contribution in [3.63, 3.8) is 0 Å². The number of phenolic OH excluding ortho intramolecular Hbond substituents is 1. The molecule has 0 aliphatic rings. The third kappa shape index (κ3) is 1.69. The molecule has 2 rings (SSSR count). The predicted molar refractivity (Wildman–Crippen MR) is 65.3 cm³/mol. The Balaban J connectivity index is 2.75. The van der Waals surface area contributed by atoms with Gasteiger partial charge in [0.1, 0.15) is 5.75 Å². The molecule has 4 heteroatoms. The summed E-state index contributed by atoms with van der Waals surface area (Å²) in [6.45, 7) is 3.54. The summed E-state index contributed by atoms with van der Waals surface area (Å²) in [5.41, 5.74) is 3.81. The van der Waals surface area contributed by atoms with Crippen LogP contribution in [-0.4, -0.2) is 15.9 Å². The van der Waals surface area contributed by atoms with Crippen molar-refractivity contribution in [3.8, 4) is 5.75 Å². The van der Waals surface area contributed by atoms with E-state index in [-0.39, 0.29) is 11.5 Å². The quantitative estimate of drug-likeness (QED) is 0.831. The fourth-order valence-electron chi connectivity index (χ4n) is 1.90. The molecule has 2 aromatic rings. The number of aromatic hydroxyl groups is 1. The number of aromatic nitrogens is 1. The number of phenols is 1. The van der Waals surface area contributed by atoms with E-state index in [2.05, 4.69) is 4.98 Å². The Labute approximate surface area is 97.8 Å². The van der Waals surface area contributed by atoms with Crippen molar-refractivity contribution in [2.24, 2.45) is 0 Å². The Bertz CT molecular complexity index is 545. The molecule has 0 aliphatic heterocycles. The van der Waals surface area contributed by atoms with Crippen LogP contribution in [0.4, 0.5) is 0 Å². The number of thiazole rings is 1. The van der Waals surface area contributed by atoms with E-state index in [0.29, 0.717) is 10.3 Å². The molecule has 1 heterocycles. The van der Waals surface area contributed by atoms with Gasteiger partial charge < -0.3 is 5.11 Å². The summed E-state index contributed by atoms with van der Waals surface area (Å²) in [6, 6.07) is 1.91. The summed E-state index contributed by atoms with van der Waals surface area (Å²) in [4.78, 5) is 15.7. The normalized spacial score (nSPS) is 10.9. The molecule has 1 N–H and O–H groups in total. The molecule has 1 aromatic carbocycles. The number of hydrogen-bond donors (Lipinski definition) is 1. The zero-order chi connectivity index (χ0) is 11.7. The van der Waals surface area contributed by atoms with Crippen LogP contribution in [0.1, 0.15) is 36.2 Å². The van der Waals surface area contributed by atoms with Gasteiger partial charge in [0.2, 0.25) is 0 Å². The minimum atomic E-state index is -0.0868. The Morgan fingerprint density at radius 2 is 2.31 bits per heavy atom. The number of carbonyl (C=O) groups excluding carboxylic acids is 1. The van der Waals surface area contributed by atoms with E-state index in [1.165, 1.54) is 18.3 Å². The zero-order valence-electron chi connectivity index (χ0n) is 9.28. The van der Waals surface area contributed by atoms with Crippen LogP contribution >= 0.6 is 11.3 Å². The Hall–Kier alpha value is -1.42. The van der Waals surface area contributed by atoms with Crippen molar-refractivity contribution in [2.75, 3.05) is 0 Å². The van der Waals surface area contributed by atoms with Gasteiger partial charge in [-0.1, -0.05) is 13.3 Å². The number of nitrogens with zero attached hydrogens (tertiary/aromatic N) is 1. The van der Waals surface area contributed by atoms with Crippen LogP contribution < -0.4 is 0 Å². The Morgan fingerprint density at radius 1 is 1.56 bits per heavy atom. The number of aryl methyl sites for hydroxylation is 1. The van der Waals surface area contributed by atoms with E-state index in [1.54, 1.807) is 5.51 Å². The number of hydrogen-bond acceptors (Lipinski definition) is 4. The molecule has 0 bridgehead atoms. The van der Waals surface area contributed by atoms with E-state index >= 15 is 0 Å². The molecule has 0 radical (unpaired) electrons. The number of benzene rings is 1. The molecule has 0 spiro atoms. The van der Waals surface area contributed by atoms with Crippen LogP contribution in [0.3, 0.4) is 0 Å². The Morgan fingerprint density at radius 3 is 2.94 bits per heavy atom. The van der Waals surface area contributed by atoms with Crippen molar-refractivity contribution in [2.45, 2.75) is 26.7 Å².